The minimum absolute atomic E-state index is 0.685. The van der Waals surface area contributed by atoms with Crippen LogP contribution in [0, 0.1) is 11.8 Å². The molecule has 0 aromatic rings. The molecule has 0 saturated carbocycles. The van der Waals surface area contributed by atoms with E-state index in [9.17, 15) is 0 Å². The third kappa shape index (κ3) is 4.12. The summed E-state index contributed by atoms with van der Waals surface area (Å²) in [6.45, 7) is 14.2. The van der Waals surface area contributed by atoms with Crippen LogP contribution in [0.15, 0.2) is 0 Å². The minimum atomic E-state index is 0.685. The molecule has 90 valence electrons. The van der Waals surface area contributed by atoms with Gasteiger partial charge in [-0.15, -0.1) is 0 Å². The summed E-state index contributed by atoms with van der Waals surface area (Å²) in [6.07, 6.45) is 2.67. The summed E-state index contributed by atoms with van der Waals surface area (Å²) in [5.41, 5.74) is 0. The summed E-state index contributed by atoms with van der Waals surface area (Å²) in [4.78, 5) is 2.63. The average molecular weight is 212 g/mol. The maximum absolute atomic E-state index is 3.63. The van der Waals surface area contributed by atoms with Gasteiger partial charge in [0.25, 0.3) is 0 Å². The predicted molar refractivity (Wildman–Crippen MR) is 67.1 cm³/mol. The van der Waals surface area contributed by atoms with Crippen molar-refractivity contribution < 1.29 is 0 Å². The molecule has 0 aliphatic carbocycles. The van der Waals surface area contributed by atoms with Crippen molar-refractivity contribution in [2.75, 3.05) is 26.2 Å². The van der Waals surface area contributed by atoms with Crippen molar-refractivity contribution in [2.45, 2.75) is 46.6 Å². The van der Waals surface area contributed by atoms with Crippen molar-refractivity contribution in [1.82, 2.24) is 10.2 Å². The second kappa shape index (κ2) is 6.49. The molecule has 0 amide bonds. The molecule has 3 unspecified atom stereocenters. The third-order valence-electron chi connectivity index (χ3n) is 3.76. The lowest BCUT2D eigenvalue weighted by Gasteiger charge is -2.28. The van der Waals surface area contributed by atoms with E-state index in [4.69, 9.17) is 0 Å². The monoisotopic (exact) mass is 212 g/mol. The van der Waals surface area contributed by atoms with Crippen molar-refractivity contribution in [3.8, 4) is 0 Å². The fraction of sp³-hybridized carbons (Fsp3) is 1.00. The Bertz CT molecular complexity index is 170. The molecule has 1 rings (SSSR count). The Morgan fingerprint density at radius 2 is 2.13 bits per heavy atom. The molecule has 1 aliphatic heterocycles. The smallest absolute Gasteiger partial charge is 0.0220 e. The van der Waals surface area contributed by atoms with Gasteiger partial charge in [0.05, 0.1) is 0 Å². The Balaban J connectivity index is 2.36. The molecule has 2 nitrogen and oxygen atoms in total. The average Bonchev–Trinajstić information content (AvgIpc) is 2.62. The Hall–Kier alpha value is -0.0800. The van der Waals surface area contributed by atoms with Crippen molar-refractivity contribution in [1.29, 1.82) is 0 Å². The topological polar surface area (TPSA) is 15.3 Å². The van der Waals surface area contributed by atoms with Gasteiger partial charge < -0.3 is 10.2 Å². The number of hydrogen-bond acceptors (Lipinski definition) is 2. The molecule has 1 aliphatic rings. The number of rotatable bonds is 6. The molecule has 1 saturated heterocycles. The van der Waals surface area contributed by atoms with E-state index in [0.29, 0.717) is 6.04 Å². The standard InChI is InChI=1S/C13H28N2/c1-5-12(4)13(14-6-2)10-15-8-7-11(3)9-15/h11-14H,5-10H2,1-4H3. The van der Waals surface area contributed by atoms with Crippen LogP contribution in [0.4, 0.5) is 0 Å². The maximum Gasteiger partial charge on any atom is 0.0220 e. The van der Waals surface area contributed by atoms with E-state index >= 15 is 0 Å². The fourth-order valence-electron chi connectivity index (χ4n) is 2.46. The lowest BCUT2D eigenvalue weighted by atomic mass is 9.98. The minimum Gasteiger partial charge on any atom is -0.313 e. The SMILES string of the molecule is CCNC(CN1CCC(C)C1)C(C)CC. The molecule has 0 aromatic heterocycles. The van der Waals surface area contributed by atoms with Crippen LogP contribution in [0.1, 0.15) is 40.5 Å². The second-order valence-electron chi connectivity index (χ2n) is 5.20. The first-order valence-electron chi connectivity index (χ1n) is 6.63. The van der Waals surface area contributed by atoms with Crippen LogP contribution in [0.2, 0.25) is 0 Å². The highest BCUT2D eigenvalue weighted by Crippen LogP contribution is 2.17. The Kier molecular flexibility index (Phi) is 5.62. The fourth-order valence-corrected chi connectivity index (χ4v) is 2.46. The summed E-state index contributed by atoms with van der Waals surface area (Å²) < 4.78 is 0. The molecule has 2 heteroatoms. The van der Waals surface area contributed by atoms with Gasteiger partial charge in [-0.25, -0.2) is 0 Å². The first-order chi connectivity index (χ1) is 7.17. The van der Waals surface area contributed by atoms with Gasteiger partial charge in [0.2, 0.25) is 0 Å². The van der Waals surface area contributed by atoms with Crippen molar-refractivity contribution >= 4 is 0 Å². The largest absolute Gasteiger partial charge is 0.313 e. The van der Waals surface area contributed by atoms with Gasteiger partial charge in [0.15, 0.2) is 0 Å². The van der Waals surface area contributed by atoms with E-state index in [1.807, 2.05) is 0 Å². The van der Waals surface area contributed by atoms with E-state index in [0.717, 1.165) is 18.4 Å². The van der Waals surface area contributed by atoms with Crippen LogP contribution >= 0.6 is 0 Å². The molecule has 1 heterocycles. The lowest BCUT2D eigenvalue weighted by Crippen LogP contribution is -2.44. The zero-order valence-corrected chi connectivity index (χ0v) is 10.9. The number of likely N-dealkylation sites (tertiary alicyclic amines) is 1. The summed E-state index contributed by atoms with van der Waals surface area (Å²) in [5.74, 6) is 1.70. The normalized spacial score (nSPS) is 26.8. The maximum atomic E-state index is 3.63. The molecule has 3 atom stereocenters. The molecule has 0 aromatic carbocycles. The van der Waals surface area contributed by atoms with E-state index in [1.165, 1.54) is 32.5 Å². The van der Waals surface area contributed by atoms with Crippen LogP contribution in [-0.2, 0) is 0 Å². The zero-order valence-electron chi connectivity index (χ0n) is 10.9. The Morgan fingerprint density at radius 3 is 2.60 bits per heavy atom. The Morgan fingerprint density at radius 1 is 1.40 bits per heavy atom. The molecule has 1 fully saturated rings. The second-order valence-corrected chi connectivity index (χ2v) is 5.20. The molecular formula is C13H28N2. The predicted octanol–water partition coefficient (Wildman–Crippen LogP) is 2.35. The summed E-state index contributed by atoms with van der Waals surface area (Å²) >= 11 is 0. The summed E-state index contributed by atoms with van der Waals surface area (Å²) in [5, 5.41) is 3.63. The number of nitrogens with zero attached hydrogens (tertiary/aromatic N) is 1. The van der Waals surface area contributed by atoms with Crippen LogP contribution in [0.25, 0.3) is 0 Å². The van der Waals surface area contributed by atoms with E-state index in [-0.39, 0.29) is 0 Å². The highest BCUT2D eigenvalue weighted by Gasteiger charge is 2.23. The van der Waals surface area contributed by atoms with Gasteiger partial charge in [-0.1, -0.05) is 34.1 Å². The van der Waals surface area contributed by atoms with Crippen LogP contribution in [0.3, 0.4) is 0 Å². The van der Waals surface area contributed by atoms with Crippen LogP contribution in [0.5, 0.6) is 0 Å². The number of likely N-dealkylation sites (N-methyl/N-ethyl adjacent to an activating group) is 1. The lowest BCUT2D eigenvalue weighted by molar-refractivity contribution is 0.242. The molecule has 0 spiro atoms. The van der Waals surface area contributed by atoms with E-state index in [2.05, 4.69) is 37.9 Å². The van der Waals surface area contributed by atoms with Gasteiger partial charge in [-0.3, -0.25) is 0 Å². The van der Waals surface area contributed by atoms with Crippen LogP contribution in [-0.4, -0.2) is 37.1 Å². The Labute approximate surface area is 95.4 Å². The highest BCUT2D eigenvalue weighted by atomic mass is 15.2. The third-order valence-corrected chi connectivity index (χ3v) is 3.76. The van der Waals surface area contributed by atoms with Gasteiger partial charge in [-0.05, 0) is 31.3 Å². The van der Waals surface area contributed by atoms with E-state index < -0.39 is 0 Å². The summed E-state index contributed by atoms with van der Waals surface area (Å²) in [6, 6.07) is 0.685. The van der Waals surface area contributed by atoms with Gasteiger partial charge in [0, 0.05) is 19.1 Å². The first-order valence-corrected chi connectivity index (χ1v) is 6.63. The van der Waals surface area contributed by atoms with Crippen molar-refractivity contribution in [3.05, 3.63) is 0 Å². The molecule has 1 N–H and O–H groups in total. The zero-order chi connectivity index (χ0) is 11.3. The molecule has 0 radical (unpaired) electrons. The van der Waals surface area contributed by atoms with E-state index in [1.54, 1.807) is 0 Å². The van der Waals surface area contributed by atoms with Gasteiger partial charge in [0.1, 0.15) is 0 Å². The van der Waals surface area contributed by atoms with Gasteiger partial charge >= 0.3 is 0 Å². The quantitative estimate of drug-likeness (QED) is 0.727. The summed E-state index contributed by atoms with van der Waals surface area (Å²) in [7, 11) is 0. The molecule has 15 heavy (non-hydrogen) atoms. The number of nitrogens with one attached hydrogen (secondary N) is 1. The highest BCUT2D eigenvalue weighted by molar-refractivity contribution is 4.80. The molecular weight excluding hydrogens is 184 g/mol. The van der Waals surface area contributed by atoms with Gasteiger partial charge in [-0.2, -0.15) is 0 Å². The van der Waals surface area contributed by atoms with Crippen molar-refractivity contribution in [3.63, 3.8) is 0 Å². The number of hydrogen-bond donors (Lipinski definition) is 1. The first kappa shape index (κ1) is 13.0. The molecule has 0 bridgehead atoms. The van der Waals surface area contributed by atoms with Crippen LogP contribution < -0.4 is 5.32 Å². The van der Waals surface area contributed by atoms with Crippen molar-refractivity contribution in [2.24, 2.45) is 11.8 Å².